The third-order valence-electron chi connectivity index (χ3n) is 4.39. The van der Waals surface area contributed by atoms with Crippen LogP contribution < -0.4 is 27.1 Å². The van der Waals surface area contributed by atoms with E-state index >= 15 is 0 Å². The van der Waals surface area contributed by atoms with Crippen LogP contribution in [0.3, 0.4) is 0 Å². The summed E-state index contributed by atoms with van der Waals surface area (Å²) in [5.74, 6) is -0.546. The van der Waals surface area contributed by atoms with Gasteiger partial charge in [-0.2, -0.15) is 5.26 Å². The van der Waals surface area contributed by atoms with Crippen molar-refractivity contribution in [1.82, 2.24) is 10.3 Å². The number of amides is 1. The second-order valence-corrected chi connectivity index (χ2v) is 8.06. The summed E-state index contributed by atoms with van der Waals surface area (Å²) in [7, 11) is 1.53. The van der Waals surface area contributed by atoms with Gasteiger partial charge in [0.15, 0.2) is 7.05 Å². The number of nitrogen functional groups attached to an aromatic ring is 2. The van der Waals surface area contributed by atoms with E-state index in [1.54, 1.807) is 18.2 Å². The average Bonchev–Trinajstić information content (AvgIpc) is 3.21. The topological polar surface area (TPSA) is 168 Å². The predicted molar refractivity (Wildman–Crippen MR) is 115 cm³/mol. The molecule has 4 aromatic rings. The zero-order chi connectivity index (χ0) is 21.6. The molecule has 0 saturated heterocycles. The van der Waals surface area contributed by atoms with E-state index in [4.69, 9.17) is 16.0 Å². The van der Waals surface area contributed by atoms with Gasteiger partial charge in [-0.15, -0.1) is 11.3 Å². The van der Waals surface area contributed by atoms with Crippen LogP contribution >= 0.6 is 27.3 Å². The van der Waals surface area contributed by atoms with Crippen molar-refractivity contribution < 1.29 is 14.0 Å². The zero-order valence-corrected chi connectivity index (χ0v) is 17.7. The van der Waals surface area contributed by atoms with Crippen LogP contribution in [0.25, 0.3) is 21.5 Å². The van der Waals surface area contributed by atoms with Gasteiger partial charge < -0.3 is 16.8 Å². The monoisotopic (exact) mass is 486 g/mol. The Morgan fingerprint density at radius 1 is 1.40 bits per heavy atom. The molecule has 0 bridgehead atoms. The second-order valence-electron chi connectivity index (χ2n) is 6.21. The van der Waals surface area contributed by atoms with Gasteiger partial charge in [0.2, 0.25) is 0 Å². The van der Waals surface area contributed by atoms with Crippen molar-refractivity contribution in [1.29, 1.82) is 5.26 Å². The number of nitrogens with two attached hydrogens (primary N) is 2. The number of pyridine rings is 1. The number of aromatic nitrogens is 3. The van der Waals surface area contributed by atoms with Crippen LogP contribution in [-0.2, 0) is 7.05 Å². The van der Waals surface area contributed by atoms with Gasteiger partial charge in [0, 0.05) is 4.47 Å². The number of rotatable bonds is 3. The predicted octanol–water partition coefficient (Wildman–Crippen LogP) is 2.12. The number of para-hydroxylation sites is 1. The Morgan fingerprint density at radius 3 is 2.77 bits per heavy atom. The standard InChI is InChI=1S/C18H12BrN7O3S/c1-26-13(18(28)29-25-26)10-7(6-20)15(22)24-17-11(10)12(21)14(30-17)16(27)23-9-5-3-2-4-8(9)19/h2-5H,1H3,(H5-,21,22,23,24,25,27,28)/p+1. The molecule has 0 aliphatic heterocycles. The van der Waals surface area contributed by atoms with E-state index in [2.05, 4.69) is 31.5 Å². The number of H-pyrrole nitrogens is 1. The van der Waals surface area contributed by atoms with Gasteiger partial charge in [-0.3, -0.25) is 9.32 Å². The third kappa shape index (κ3) is 3.00. The van der Waals surface area contributed by atoms with Gasteiger partial charge in [0.1, 0.15) is 27.2 Å². The maximum Gasteiger partial charge on any atom is 0.435 e. The molecule has 0 aliphatic rings. The van der Waals surface area contributed by atoms with Crippen LogP contribution in [0, 0.1) is 11.3 Å². The molecule has 0 aliphatic carbocycles. The van der Waals surface area contributed by atoms with Crippen LogP contribution in [0.5, 0.6) is 0 Å². The zero-order valence-electron chi connectivity index (χ0n) is 15.3. The Bertz CT molecular complexity index is 1430. The third-order valence-corrected chi connectivity index (χ3v) is 6.18. The first-order valence-electron chi connectivity index (χ1n) is 8.38. The highest BCUT2D eigenvalue weighted by molar-refractivity contribution is 9.10. The first-order chi connectivity index (χ1) is 14.3. The summed E-state index contributed by atoms with van der Waals surface area (Å²) in [6, 6.07) is 9.07. The highest BCUT2D eigenvalue weighted by atomic mass is 79.9. The average molecular weight is 487 g/mol. The number of nitrogens with zero attached hydrogens (tertiary/aromatic N) is 3. The highest BCUT2D eigenvalue weighted by Gasteiger charge is 2.32. The fraction of sp³-hybridized carbons (Fsp3) is 0.0556. The number of fused-ring (bicyclic) bond motifs is 1. The maximum atomic E-state index is 12.9. The Morgan fingerprint density at radius 2 is 2.13 bits per heavy atom. The largest absolute Gasteiger partial charge is 0.435 e. The molecule has 3 heterocycles. The molecule has 4 rings (SSSR count). The van der Waals surface area contributed by atoms with Crippen molar-refractivity contribution >= 4 is 60.6 Å². The molecule has 0 spiro atoms. The molecule has 30 heavy (non-hydrogen) atoms. The minimum absolute atomic E-state index is 0.0349. The molecule has 0 radical (unpaired) electrons. The lowest BCUT2D eigenvalue weighted by atomic mass is 10.0. The maximum absolute atomic E-state index is 12.9. The molecule has 0 saturated carbocycles. The van der Waals surface area contributed by atoms with Crippen molar-refractivity contribution in [2.75, 3.05) is 16.8 Å². The Balaban J connectivity index is 1.96. The van der Waals surface area contributed by atoms with Crippen LogP contribution in [0.15, 0.2) is 38.1 Å². The number of nitrogens with one attached hydrogen (secondary N) is 2. The number of hydrogen-bond donors (Lipinski definition) is 4. The molecule has 1 aromatic carbocycles. The molecule has 3 aromatic heterocycles. The molecule has 150 valence electrons. The number of halogens is 1. The van der Waals surface area contributed by atoms with E-state index < -0.39 is 11.5 Å². The van der Waals surface area contributed by atoms with Gasteiger partial charge in [0.25, 0.3) is 5.91 Å². The molecule has 0 fully saturated rings. The number of aryl methyl sites for hydroxylation is 1. The summed E-state index contributed by atoms with van der Waals surface area (Å²) < 4.78 is 6.81. The first-order valence-corrected chi connectivity index (χ1v) is 9.99. The quantitative estimate of drug-likeness (QED) is 0.321. The van der Waals surface area contributed by atoms with E-state index in [-0.39, 0.29) is 38.6 Å². The SMILES string of the molecule is C[n+]1[nH]oc(=O)c1-c1c(C#N)c(N)nc2sc(C(=O)Nc3ccccc3Br)c(N)c12. The minimum atomic E-state index is -0.717. The molecule has 6 N–H and O–H groups in total. The number of carbonyl (C=O) groups excluding carboxylic acids is 1. The summed E-state index contributed by atoms with van der Waals surface area (Å²) >= 11 is 4.38. The van der Waals surface area contributed by atoms with Crippen molar-refractivity contribution in [3.05, 3.63) is 49.6 Å². The van der Waals surface area contributed by atoms with E-state index in [1.165, 1.54) is 11.7 Å². The molecular formula is C18H13BrN7O3S+. The van der Waals surface area contributed by atoms with Gasteiger partial charge >= 0.3 is 11.3 Å². The van der Waals surface area contributed by atoms with E-state index in [9.17, 15) is 14.9 Å². The van der Waals surface area contributed by atoms with Crippen molar-refractivity contribution in [2.45, 2.75) is 0 Å². The Hall–Kier alpha value is -3.69. The van der Waals surface area contributed by atoms with Crippen LogP contribution in [0.1, 0.15) is 15.2 Å². The lowest BCUT2D eigenvalue weighted by Gasteiger charge is -2.06. The Kier molecular flexibility index (Phi) is 4.76. The molecule has 0 unspecified atom stereocenters. The fourth-order valence-electron chi connectivity index (χ4n) is 3.04. The van der Waals surface area contributed by atoms with E-state index in [1.807, 2.05) is 12.1 Å². The summed E-state index contributed by atoms with van der Waals surface area (Å²) in [5.41, 5.74) is 12.3. The van der Waals surface area contributed by atoms with Crippen molar-refractivity contribution in [3.8, 4) is 17.3 Å². The summed E-state index contributed by atoms with van der Waals surface area (Å²) in [4.78, 5) is 29.9. The summed E-state index contributed by atoms with van der Waals surface area (Å²) in [6.45, 7) is 0. The number of nitriles is 1. The molecule has 0 atom stereocenters. The molecule has 10 nitrogen and oxygen atoms in total. The second kappa shape index (κ2) is 7.29. The number of hydrogen-bond acceptors (Lipinski definition) is 8. The highest BCUT2D eigenvalue weighted by Crippen LogP contribution is 2.41. The number of thiophene rings is 1. The van der Waals surface area contributed by atoms with Crippen molar-refractivity contribution in [3.63, 3.8) is 0 Å². The van der Waals surface area contributed by atoms with Crippen molar-refractivity contribution in [2.24, 2.45) is 7.05 Å². The van der Waals surface area contributed by atoms with Crippen LogP contribution in [0.2, 0.25) is 0 Å². The smallest absolute Gasteiger partial charge is 0.397 e. The number of anilines is 3. The normalized spacial score (nSPS) is 10.8. The molecular weight excluding hydrogens is 474 g/mol. The lowest BCUT2D eigenvalue weighted by Crippen LogP contribution is -2.34. The summed E-state index contributed by atoms with van der Waals surface area (Å²) in [5, 5.41) is 15.1. The molecule has 1 amide bonds. The molecule has 12 heteroatoms. The van der Waals surface area contributed by atoms with Gasteiger partial charge in [0.05, 0.1) is 22.3 Å². The van der Waals surface area contributed by atoms with Gasteiger partial charge in [-0.25, -0.2) is 9.78 Å². The van der Waals surface area contributed by atoms with E-state index in [0.717, 1.165) is 11.3 Å². The van der Waals surface area contributed by atoms with Gasteiger partial charge in [-0.05, 0) is 33.3 Å². The van der Waals surface area contributed by atoms with E-state index in [0.29, 0.717) is 15.0 Å². The van der Waals surface area contributed by atoms with Crippen LogP contribution in [-0.4, -0.2) is 16.2 Å². The number of carbonyl (C=O) groups is 1. The number of benzene rings is 1. The van der Waals surface area contributed by atoms with Gasteiger partial charge in [-0.1, -0.05) is 16.8 Å². The number of aromatic amines is 1. The Labute approximate surface area is 180 Å². The lowest BCUT2D eigenvalue weighted by molar-refractivity contribution is -0.730. The fourth-order valence-corrected chi connectivity index (χ4v) is 4.43. The van der Waals surface area contributed by atoms with Crippen LogP contribution in [0.4, 0.5) is 17.2 Å². The first kappa shape index (κ1) is 19.6. The summed E-state index contributed by atoms with van der Waals surface area (Å²) in [6.07, 6.45) is 0. The minimum Gasteiger partial charge on any atom is -0.397 e.